The molecule has 0 aromatic heterocycles. The first-order valence-electron chi connectivity index (χ1n) is 2.53. The van der Waals surface area contributed by atoms with Crippen LogP contribution in [0.2, 0.25) is 0 Å². The minimum atomic E-state index is -1.30. The van der Waals surface area contributed by atoms with Gasteiger partial charge in [0.1, 0.15) is 0 Å². The number of hydrogen-bond donors (Lipinski definition) is 1. The van der Waals surface area contributed by atoms with Gasteiger partial charge in [-0.25, -0.2) is 0 Å². The Labute approximate surface area is 46.3 Å². The highest BCUT2D eigenvalue weighted by molar-refractivity contribution is 4.74. The van der Waals surface area contributed by atoms with Crippen molar-refractivity contribution < 1.29 is 10.0 Å². The fraction of sp³-hybridized carbons (Fsp3) is 1.00. The molecule has 1 aliphatic carbocycles. The van der Waals surface area contributed by atoms with Crippen LogP contribution < -0.4 is 0 Å². The molecule has 0 aromatic rings. The summed E-state index contributed by atoms with van der Waals surface area (Å²) in [7, 11) is 0. The lowest BCUT2D eigenvalue weighted by atomic mass is 10.4. The maximum Gasteiger partial charge on any atom is 0.315 e. The minimum Gasteiger partial charge on any atom is -0.333 e. The third-order valence-electron chi connectivity index (χ3n) is 1.26. The van der Waals surface area contributed by atoms with E-state index in [2.05, 4.69) is 0 Å². The van der Waals surface area contributed by atoms with E-state index in [9.17, 15) is 10.1 Å². The lowest BCUT2D eigenvalue weighted by Crippen LogP contribution is -2.20. The highest BCUT2D eigenvalue weighted by Crippen LogP contribution is 2.32. The van der Waals surface area contributed by atoms with Crippen molar-refractivity contribution in [1.29, 1.82) is 0 Å². The van der Waals surface area contributed by atoms with Crippen molar-refractivity contribution in [2.45, 2.75) is 19.1 Å². The van der Waals surface area contributed by atoms with Gasteiger partial charge >= 0.3 is 6.23 Å². The molecule has 1 N–H and O–H groups in total. The number of nitrogens with zero attached hydrogens (tertiary/aromatic N) is 1. The summed E-state index contributed by atoms with van der Waals surface area (Å²) in [4.78, 5) is 9.10. The largest absolute Gasteiger partial charge is 0.333 e. The fourth-order valence-electron chi connectivity index (χ4n) is 0.567. The second kappa shape index (κ2) is 1.70. The first-order chi connectivity index (χ1) is 3.72. The summed E-state index contributed by atoms with van der Waals surface area (Å²) in [5.41, 5.74) is 0. The van der Waals surface area contributed by atoms with Crippen LogP contribution in [0.5, 0.6) is 0 Å². The van der Waals surface area contributed by atoms with Crippen LogP contribution in [-0.4, -0.2) is 16.3 Å². The van der Waals surface area contributed by atoms with Gasteiger partial charge in [0.2, 0.25) is 0 Å². The van der Waals surface area contributed by atoms with E-state index >= 15 is 0 Å². The normalized spacial score (nSPS) is 22.6. The molecule has 0 spiro atoms. The van der Waals surface area contributed by atoms with Gasteiger partial charge in [0.05, 0.1) is 10.8 Å². The molecule has 1 aliphatic rings. The summed E-state index contributed by atoms with van der Waals surface area (Å²) in [5.74, 6) is -0.0509. The van der Waals surface area contributed by atoms with E-state index in [1.165, 1.54) is 0 Å². The summed E-state index contributed by atoms with van der Waals surface area (Å²) in [6.45, 7) is 0. The fourth-order valence-corrected chi connectivity index (χ4v) is 0.567. The summed E-state index contributed by atoms with van der Waals surface area (Å²) >= 11 is 0. The van der Waals surface area contributed by atoms with Crippen LogP contribution in [0.1, 0.15) is 12.8 Å². The van der Waals surface area contributed by atoms with Crippen molar-refractivity contribution in [3.63, 3.8) is 0 Å². The van der Waals surface area contributed by atoms with E-state index < -0.39 is 11.2 Å². The number of hydrogen-bond acceptors (Lipinski definition) is 3. The third kappa shape index (κ3) is 0.949. The Morgan fingerprint density at radius 1 is 1.75 bits per heavy atom. The lowest BCUT2D eigenvalue weighted by molar-refractivity contribution is -0.575. The Bertz CT molecular complexity index is 110. The maximum atomic E-state index is 9.74. The molecule has 4 nitrogen and oxygen atoms in total. The average molecular weight is 117 g/mol. The molecule has 0 bridgehead atoms. The predicted molar refractivity (Wildman–Crippen MR) is 25.7 cm³/mol. The number of rotatable bonds is 2. The molecular formula is C4H7NO3. The van der Waals surface area contributed by atoms with Crippen molar-refractivity contribution in [3.05, 3.63) is 10.1 Å². The monoisotopic (exact) mass is 117 g/mol. The molecule has 1 atom stereocenters. The Morgan fingerprint density at radius 2 is 2.25 bits per heavy atom. The van der Waals surface area contributed by atoms with Crippen molar-refractivity contribution in [2.75, 3.05) is 0 Å². The second-order valence-electron chi connectivity index (χ2n) is 2.04. The van der Waals surface area contributed by atoms with Crippen molar-refractivity contribution in [3.8, 4) is 0 Å². The zero-order chi connectivity index (χ0) is 6.15. The van der Waals surface area contributed by atoms with Crippen LogP contribution in [0, 0.1) is 16.0 Å². The molecule has 1 unspecified atom stereocenters. The Balaban J connectivity index is 2.32. The second-order valence-corrected chi connectivity index (χ2v) is 2.04. The molecule has 0 aromatic carbocycles. The molecule has 4 heteroatoms. The van der Waals surface area contributed by atoms with E-state index in [-0.39, 0.29) is 5.92 Å². The third-order valence-corrected chi connectivity index (χ3v) is 1.26. The van der Waals surface area contributed by atoms with E-state index in [4.69, 9.17) is 5.11 Å². The number of aliphatic hydroxyl groups is 1. The molecule has 1 fully saturated rings. The van der Waals surface area contributed by atoms with Crippen LogP contribution in [0.15, 0.2) is 0 Å². The van der Waals surface area contributed by atoms with Crippen LogP contribution >= 0.6 is 0 Å². The van der Waals surface area contributed by atoms with E-state index in [1.54, 1.807) is 0 Å². The van der Waals surface area contributed by atoms with Crippen LogP contribution in [-0.2, 0) is 0 Å². The minimum absolute atomic E-state index is 0.0509. The van der Waals surface area contributed by atoms with E-state index in [0.717, 1.165) is 12.8 Å². The lowest BCUT2D eigenvalue weighted by Gasteiger charge is -1.95. The Hall–Kier alpha value is -0.640. The van der Waals surface area contributed by atoms with Crippen LogP contribution in [0.25, 0.3) is 0 Å². The SMILES string of the molecule is O=[N+]([O-])C(O)C1CC1. The van der Waals surface area contributed by atoms with Crippen molar-refractivity contribution in [1.82, 2.24) is 0 Å². The van der Waals surface area contributed by atoms with Gasteiger partial charge in [0, 0.05) is 0 Å². The van der Waals surface area contributed by atoms with Gasteiger partial charge in [-0.05, 0) is 12.8 Å². The standard InChI is InChI=1S/C4H7NO3/c6-4(5(7)8)3-1-2-3/h3-4,6H,1-2H2. The summed E-state index contributed by atoms with van der Waals surface area (Å²) < 4.78 is 0. The van der Waals surface area contributed by atoms with Gasteiger partial charge in [-0.15, -0.1) is 0 Å². The molecule has 0 heterocycles. The quantitative estimate of drug-likeness (QED) is 0.314. The molecule has 0 saturated heterocycles. The number of nitro groups is 1. The molecular weight excluding hydrogens is 110 g/mol. The molecule has 0 aliphatic heterocycles. The van der Waals surface area contributed by atoms with Gasteiger partial charge in [0.15, 0.2) is 0 Å². The predicted octanol–water partition coefficient (Wildman–Crippen LogP) is -0.00850. The number of aliphatic hydroxyl groups excluding tert-OH is 1. The van der Waals surface area contributed by atoms with Gasteiger partial charge in [0.25, 0.3) is 0 Å². The summed E-state index contributed by atoms with van der Waals surface area (Å²) in [5, 5.41) is 18.3. The zero-order valence-electron chi connectivity index (χ0n) is 4.28. The van der Waals surface area contributed by atoms with Crippen LogP contribution in [0.4, 0.5) is 0 Å². The van der Waals surface area contributed by atoms with Crippen molar-refractivity contribution >= 4 is 0 Å². The molecule has 1 saturated carbocycles. The highest BCUT2D eigenvalue weighted by Gasteiger charge is 2.37. The van der Waals surface area contributed by atoms with Crippen molar-refractivity contribution in [2.24, 2.45) is 5.92 Å². The first-order valence-corrected chi connectivity index (χ1v) is 2.53. The molecule has 1 rings (SSSR count). The van der Waals surface area contributed by atoms with Crippen LogP contribution in [0.3, 0.4) is 0 Å². The van der Waals surface area contributed by atoms with E-state index in [1.807, 2.05) is 0 Å². The van der Waals surface area contributed by atoms with Gasteiger partial charge < -0.3 is 5.11 Å². The molecule has 8 heavy (non-hydrogen) atoms. The molecule has 0 amide bonds. The first kappa shape index (κ1) is 5.50. The maximum absolute atomic E-state index is 9.74. The highest BCUT2D eigenvalue weighted by atomic mass is 16.7. The Kier molecular flexibility index (Phi) is 1.17. The smallest absolute Gasteiger partial charge is 0.315 e. The topological polar surface area (TPSA) is 63.4 Å². The van der Waals surface area contributed by atoms with Gasteiger partial charge in [-0.1, -0.05) is 0 Å². The zero-order valence-corrected chi connectivity index (χ0v) is 4.28. The summed E-state index contributed by atoms with van der Waals surface area (Å²) in [6, 6.07) is 0. The summed E-state index contributed by atoms with van der Waals surface area (Å²) in [6.07, 6.45) is 0.319. The molecule has 46 valence electrons. The Morgan fingerprint density at radius 3 is 2.38 bits per heavy atom. The average Bonchev–Trinajstić information content (AvgIpc) is 2.43. The van der Waals surface area contributed by atoms with E-state index in [0.29, 0.717) is 0 Å². The van der Waals surface area contributed by atoms with Gasteiger partial charge in [-0.3, -0.25) is 10.1 Å². The van der Waals surface area contributed by atoms with Gasteiger partial charge in [-0.2, -0.15) is 0 Å². The molecule has 0 radical (unpaired) electrons.